The van der Waals surface area contributed by atoms with Gasteiger partial charge in [-0.2, -0.15) is 0 Å². The molecular weight excluding hydrogens is 344 g/mol. The topological polar surface area (TPSA) is 66.9 Å². The lowest BCUT2D eigenvalue weighted by molar-refractivity contribution is -0.143. The molecule has 0 spiro atoms. The maximum atomic E-state index is 12.4. The number of imide groups is 2. The summed E-state index contributed by atoms with van der Waals surface area (Å²) in [6.07, 6.45) is 0. The van der Waals surface area contributed by atoms with Gasteiger partial charge in [0.25, 0.3) is 0 Å². The van der Waals surface area contributed by atoms with Crippen LogP contribution in [0.1, 0.15) is 5.56 Å². The third-order valence-electron chi connectivity index (χ3n) is 3.69. The Hall–Kier alpha value is -2.86. The zero-order chi connectivity index (χ0) is 17.8. The van der Waals surface area contributed by atoms with Crippen LogP contribution in [0, 0.1) is 0 Å². The summed E-state index contributed by atoms with van der Waals surface area (Å²) in [6, 6.07) is 15.2. The van der Waals surface area contributed by atoms with E-state index in [1.165, 1.54) is 0 Å². The number of hydrogen-bond acceptors (Lipinski definition) is 4. The molecule has 0 N–H and O–H groups in total. The predicted octanol–water partition coefficient (Wildman–Crippen LogP) is 2.71. The van der Waals surface area contributed by atoms with Crippen molar-refractivity contribution in [2.24, 2.45) is 0 Å². The number of ether oxygens (including phenoxy) is 1. The fraction of sp³-hybridized carbons (Fsp3) is 0.167. The zero-order valence-corrected chi connectivity index (χ0v) is 14.0. The molecule has 6 nitrogen and oxygen atoms in total. The van der Waals surface area contributed by atoms with Gasteiger partial charge in [0.1, 0.15) is 12.4 Å². The molecule has 0 saturated carbocycles. The number of carbonyl (C=O) groups excluding carboxylic acids is 3. The molecule has 4 amide bonds. The highest BCUT2D eigenvalue weighted by Gasteiger charge is 2.44. The number of halogens is 1. The molecule has 1 aliphatic heterocycles. The van der Waals surface area contributed by atoms with E-state index in [2.05, 4.69) is 0 Å². The second-order valence-corrected chi connectivity index (χ2v) is 5.86. The Labute approximate surface area is 149 Å². The van der Waals surface area contributed by atoms with Crippen LogP contribution in [0.3, 0.4) is 0 Å². The maximum absolute atomic E-state index is 12.4. The normalized spacial score (nSPS) is 14.4. The molecule has 2 aromatic rings. The van der Waals surface area contributed by atoms with Crippen molar-refractivity contribution in [1.29, 1.82) is 0 Å². The van der Waals surface area contributed by atoms with Gasteiger partial charge < -0.3 is 4.74 Å². The summed E-state index contributed by atoms with van der Waals surface area (Å²) in [5.74, 6) is -1.06. The summed E-state index contributed by atoms with van der Waals surface area (Å²) in [7, 11) is 0. The monoisotopic (exact) mass is 358 g/mol. The summed E-state index contributed by atoms with van der Waals surface area (Å²) in [5.41, 5.74) is 0.671. The molecular formula is C18H15ClN2O4. The van der Waals surface area contributed by atoms with Crippen molar-refractivity contribution in [3.63, 3.8) is 0 Å². The van der Waals surface area contributed by atoms with E-state index in [-0.39, 0.29) is 19.7 Å². The number of carbonyl (C=O) groups is 3. The molecule has 0 aliphatic carbocycles. The van der Waals surface area contributed by atoms with Gasteiger partial charge in [-0.05, 0) is 29.8 Å². The Morgan fingerprint density at radius 1 is 0.880 bits per heavy atom. The molecule has 0 aromatic heterocycles. The van der Waals surface area contributed by atoms with Crippen LogP contribution in [0.25, 0.3) is 0 Å². The Kier molecular flexibility index (Phi) is 5.00. The number of hydrogen-bond donors (Lipinski definition) is 0. The highest BCUT2D eigenvalue weighted by molar-refractivity contribution is 6.44. The molecule has 128 valence electrons. The third-order valence-corrected chi connectivity index (χ3v) is 3.93. The van der Waals surface area contributed by atoms with E-state index in [0.717, 1.165) is 9.80 Å². The van der Waals surface area contributed by atoms with Crippen LogP contribution in [0.5, 0.6) is 5.75 Å². The molecule has 7 heteroatoms. The van der Waals surface area contributed by atoms with Crippen molar-refractivity contribution >= 4 is 29.4 Å². The van der Waals surface area contributed by atoms with Crippen LogP contribution in [-0.2, 0) is 16.1 Å². The predicted molar refractivity (Wildman–Crippen MR) is 91.0 cm³/mol. The molecule has 25 heavy (non-hydrogen) atoms. The van der Waals surface area contributed by atoms with E-state index >= 15 is 0 Å². The van der Waals surface area contributed by atoms with Crippen molar-refractivity contribution in [1.82, 2.24) is 9.80 Å². The number of nitrogens with zero attached hydrogens (tertiary/aromatic N) is 2. The van der Waals surface area contributed by atoms with E-state index in [1.807, 2.05) is 18.2 Å². The third kappa shape index (κ3) is 3.80. The molecule has 3 rings (SSSR count). The van der Waals surface area contributed by atoms with Gasteiger partial charge >= 0.3 is 17.8 Å². The fourth-order valence-corrected chi connectivity index (χ4v) is 2.69. The van der Waals surface area contributed by atoms with Gasteiger partial charge in [-0.15, -0.1) is 0 Å². The first-order chi connectivity index (χ1) is 12.1. The molecule has 1 aliphatic rings. The number of amides is 4. The Balaban J connectivity index is 1.63. The van der Waals surface area contributed by atoms with Crippen molar-refractivity contribution in [2.75, 3.05) is 13.2 Å². The molecule has 0 unspecified atom stereocenters. The van der Waals surface area contributed by atoms with Gasteiger partial charge in [-0.1, -0.05) is 41.9 Å². The molecule has 2 aromatic carbocycles. The van der Waals surface area contributed by atoms with Crippen LogP contribution in [0.15, 0.2) is 54.6 Å². The molecule has 1 heterocycles. The largest absolute Gasteiger partial charge is 0.492 e. The molecule has 1 saturated heterocycles. The molecule has 0 radical (unpaired) electrons. The van der Waals surface area contributed by atoms with E-state index < -0.39 is 17.8 Å². The van der Waals surface area contributed by atoms with E-state index in [1.54, 1.807) is 36.4 Å². The fourth-order valence-electron chi connectivity index (χ4n) is 2.48. The summed E-state index contributed by atoms with van der Waals surface area (Å²) in [4.78, 5) is 38.3. The van der Waals surface area contributed by atoms with Gasteiger partial charge in [0.15, 0.2) is 0 Å². The highest BCUT2D eigenvalue weighted by Crippen LogP contribution is 2.18. The SMILES string of the molecule is O=C1C(=O)N(Cc2cccc(Cl)c2)C(=O)N1CCOc1ccccc1. The average Bonchev–Trinajstić information content (AvgIpc) is 2.81. The lowest BCUT2D eigenvalue weighted by Crippen LogP contribution is -2.35. The minimum atomic E-state index is -0.844. The zero-order valence-electron chi connectivity index (χ0n) is 13.2. The second-order valence-electron chi connectivity index (χ2n) is 5.42. The number of rotatable bonds is 6. The Morgan fingerprint density at radius 2 is 1.60 bits per heavy atom. The van der Waals surface area contributed by atoms with Crippen molar-refractivity contribution in [2.45, 2.75) is 6.54 Å². The minimum absolute atomic E-state index is 0.00000900. The van der Waals surface area contributed by atoms with E-state index in [9.17, 15) is 14.4 Å². The van der Waals surface area contributed by atoms with E-state index in [0.29, 0.717) is 16.3 Å². The average molecular weight is 359 g/mol. The van der Waals surface area contributed by atoms with Gasteiger partial charge in [0.2, 0.25) is 0 Å². The summed E-state index contributed by atoms with van der Waals surface area (Å²) in [6.45, 7) is 0.115. The summed E-state index contributed by atoms with van der Waals surface area (Å²) >= 11 is 5.90. The lowest BCUT2D eigenvalue weighted by Gasteiger charge is -2.16. The van der Waals surface area contributed by atoms with Crippen LogP contribution < -0.4 is 4.74 Å². The highest BCUT2D eigenvalue weighted by atomic mass is 35.5. The van der Waals surface area contributed by atoms with Crippen LogP contribution in [0.4, 0.5) is 4.79 Å². The Morgan fingerprint density at radius 3 is 2.32 bits per heavy atom. The quantitative estimate of drug-likeness (QED) is 0.588. The van der Waals surface area contributed by atoms with E-state index in [4.69, 9.17) is 16.3 Å². The van der Waals surface area contributed by atoms with Crippen molar-refractivity contribution < 1.29 is 19.1 Å². The smallest absolute Gasteiger partial charge is 0.334 e. The van der Waals surface area contributed by atoms with Crippen LogP contribution in [-0.4, -0.2) is 40.8 Å². The summed E-state index contributed by atoms with van der Waals surface area (Å²) in [5, 5.41) is 0.496. The lowest BCUT2D eigenvalue weighted by atomic mass is 10.2. The van der Waals surface area contributed by atoms with Crippen LogP contribution >= 0.6 is 11.6 Å². The van der Waals surface area contributed by atoms with Gasteiger partial charge in [0, 0.05) is 5.02 Å². The second kappa shape index (κ2) is 7.36. The molecule has 0 atom stereocenters. The molecule has 0 bridgehead atoms. The standard InChI is InChI=1S/C18H15ClN2O4/c19-14-6-4-5-13(11-14)12-21-17(23)16(22)20(18(21)24)9-10-25-15-7-2-1-3-8-15/h1-8,11H,9-10,12H2. The van der Waals surface area contributed by atoms with Gasteiger partial charge in [-0.3, -0.25) is 19.4 Å². The van der Waals surface area contributed by atoms with Crippen LogP contribution in [0.2, 0.25) is 5.02 Å². The first kappa shape index (κ1) is 17.0. The van der Waals surface area contributed by atoms with Gasteiger partial charge in [0.05, 0.1) is 13.1 Å². The Bertz CT molecular complexity index is 810. The molecule has 1 fully saturated rings. The first-order valence-electron chi connectivity index (χ1n) is 7.66. The number of benzene rings is 2. The minimum Gasteiger partial charge on any atom is -0.492 e. The summed E-state index contributed by atoms with van der Waals surface area (Å²) < 4.78 is 5.48. The van der Waals surface area contributed by atoms with Crippen molar-refractivity contribution in [3.8, 4) is 5.75 Å². The maximum Gasteiger partial charge on any atom is 0.334 e. The first-order valence-corrected chi connectivity index (χ1v) is 8.03. The number of urea groups is 1. The van der Waals surface area contributed by atoms with Crippen molar-refractivity contribution in [3.05, 3.63) is 65.2 Å². The number of para-hydroxylation sites is 1. The van der Waals surface area contributed by atoms with Gasteiger partial charge in [-0.25, -0.2) is 4.79 Å².